The molecular formula is C23H27N3O3. The van der Waals surface area contributed by atoms with Crippen LogP contribution in [0.2, 0.25) is 0 Å². The molecule has 6 heteroatoms. The molecule has 3 amide bonds. The first-order valence-corrected chi connectivity index (χ1v) is 10.00. The quantitative estimate of drug-likeness (QED) is 0.818. The molecule has 2 aromatic rings. The van der Waals surface area contributed by atoms with Gasteiger partial charge in [-0.3, -0.25) is 14.4 Å². The summed E-state index contributed by atoms with van der Waals surface area (Å²) in [5, 5.41) is 5.76. The fraction of sp³-hybridized carbons (Fsp3) is 0.348. The number of nitrogens with one attached hydrogen (secondary N) is 2. The van der Waals surface area contributed by atoms with Crippen LogP contribution in [-0.2, 0) is 4.79 Å². The van der Waals surface area contributed by atoms with E-state index in [1.807, 2.05) is 19.9 Å². The zero-order valence-electron chi connectivity index (χ0n) is 16.9. The Morgan fingerprint density at radius 1 is 1.00 bits per heavy atom. The summed E-state index contributed by atoms with van der Waals surface area (Å²) in [6.45, 7) is 4.90. The van der Waals surface area contributed by atoms with Crippen LogP contribution in [-0.4, -0.2) is 41.8 Å². The van der Waals surface area contributed by atoms with Gasteiger partial charge in [-0.05, 0) is 57.0 Å². The first kappa shape index (κ1) is 20.6. The molecule has 0 aromatic heterocycles. The molecule has 0 unspecified atom stereocenters. The normalized spacial score (nSPS) is 16.4. The molecule has 1 fully saturated rings. The van der Waals surface area contributed by atoms with Crippen LogP contribution >= 0.6 is 0 Å². The molecule has 1 atom stereocenters. The van der Waals surface area contributed by atoms with Gasteiger partial charge in [0.25, 0.3) is 11.8 Å². The maximum atomic E-state index is 13.0. The lowest BCUT2D eigenvalue weighted by Gasteiger charge is -2.32. The summed E-state index contributed by atoms with van der Waals surface area (Å²) in [4.78, 5) is 39.4. The predicted molar refractivity (Wildman–Crippen MR) is 113 cm³/mol. The van der Waals surface area contributed by atoms with Crippen molar-refractivity contribution in [1.82, 2.24) is 10.2 Å². The van der Waals surface area contributed by atoms with Gasteiger partial charge in [0.05, 0.1) is 5.92 Å². The second kappa shape index (κ2) is 9.37. The highest BCUT2D eigenvalue weighted by atomic mass is 16.2. The Kier molecular flexibility index (Phi) is 6.65. The number of carbonyl (C=O) groups is 3. The lowest BCUT2D eigenvalue weighted by Crippen LogP contribution is -2.46. The van der Waals surface area contributed by atoms with E-state index in [4.69, 9.17) is 0 Å². The Labute approximate surface area is 171 Å². The van der Waals surface area contributed by atoms with E-state index in [1.165, 1.54) is 0 Å². The van der Waals surface area contributed by atoms with Gasteiger partial charge < -0.3 is 15.5 Å². The van der Waals surface area contributed by atoms with Crippen LogP contribution < -0.4 is 10.6 Å². The fourth-order valence-corrected chi connectivity index (χ4v) is 3.48. The van der Waals surface area contributed by atoms with Crippen molar-refractivity contribution < 1.29 is 14.4 Å². The summed E-state index contributed by atoms with van der Waals surface area (Å²) in [6.07, 6.45) is 1.59. The average Bonchev–Trinajstić information content (AvgIpc) is 2.73. The van der Waals surface area contributed by atoms with E-state index in [0.717, 1.165) is 12.8 Å². The average molecular weight is 393 g/mol. The van der Waals surface area contributed by atoms with Gasteiger partial charge in [0.15, 0.2) is 0 Å². The van der Waals surface area contributed by atoms with Gasteiger partial charge in [0, 0.05) is 35.9 Å². The number of rotatable bonds is 5. The third-order valence-electron chi connectivity index (χ3n) is 4.91. The first-order chi connectivity index (χ1) is 13.9. The molecule has 0 radical (unpaired) electrons. The monoisotopic (exact) mass is 393 g/mol. The van der Waals surface area contributed by atoms with E-state index in [0.29, 0.717) is 29.9 Å². The lowest BCUT2D eigenvalue weighted by atomic mass is 9.96. The molecular weight excluding hydrogens is 366 g/mol. The molecule has 2 aromatic carbocycles. The topological polar surface area (TPSA) is 78.5 Å². The maximum absolute atomic E-state index is 13.0. The summed E-state index contributed by atoms with van der Waals surface area (Å²) in [5.74, 6) is -0.529. The molecule has 1 heterocycles. The smallest absolute Gasteiger partial charge is 0.255 e. The van der Waals surface area contributed by atoms with Crippen LogP contribution in [0.15, 0.2) is 54.6 Å². The molecule has 0 bridgehead atoms. The van der Waals surface area contributed by atoms with Gasteiger partial charge in [-0.1, -0.05) is 24.3 Å². The molecule has 152 valence electrons. The van der Waals surface area contributed by atoms with Gasteiger partial charge in [0.1, 0.15) is 0 Å². The third kappa shape index (κ3) is 5.44. The highest BCUT2D eigenvalue weighted by Crippen LogP contribution is 2.21. The molecule has 1 aliphatic heterocycles. The fourth-order valence-electron chi connectivity index (χ4n) is 3.48. The van der Waals surface area contributed by atoms with Crippen molar-refractivity contribution >= 4 is 23.4 Å². The van der Waals surface area contributed by atoms with Crippen LogP contribution in [0, 0.1) is 5.92 Å². The minimum atomic E-state index is -0.224. The number of likely N-dealkylation sites (tertiary alicyclic amines) is 1. The van der Waals surface area contributed by atoms with Crippen LogP contribution in [0.3, 0.4) is 0 Å². The van der Waals surface area contributed by atoms with Crippen LogP contribution in [0.25, 0.3) is 0 Å². The van der Waals surface area contributed by atoms with Crippen molar-refractivity contribution in [3.8, 4) is 0 Å². The van der Waals surface area contributed by atoms with Crippen LogP contribution in [0.5, 0.6) is 0 Å². The third-order valence-corrected chi connectivity index (χ3v) is 4.91. The molecule has 29 heavy (non-hydrogen) atoms. The zero-order valence-corrected chi connectivity index (χ0v) is 16.9. The lowest BCUT2D eigenvalue weighted by molar-refractivity contribution is -0.126. The summed E-state index contributed by atoms with van der Waals surface area (Å²) in [7, 11) is 0. The van der Waals surface area contributed by atoms with Crippen molar-refractivity contribution in [2.75, 3.05) is 18.4 Å². The molecule has 0 aliphatic carbocycles. The Morgan fingerprint density at radius 3 is 2.45 bits per heavy atom. The summed E-state index contributed by atoms with van der Waals surface area (Å²) < 4.78 is 0. The predicted octanol–water partition coefficient (Wildman–Crippen LogP) is 3.32. The summed E-state index contributed by atoms with van der Waals surface area (Å²) in [5.41, 5.74) is 1.62. The van der Waals surface area contributed by atoms with E-state index >= 15 is 0 Å². The number of carbonyl (C=O) groups excluding carboxylic acids is 3. The zero-order chi connectivity index (χ0) is 20.8. The summed E-state index contributed by atoms with van der Waals surface area (Å²) in [6, 6.07) is 15.9. The van der Waals surface area contributed by atoms with E-state index in [-0.39, 0.29) is 29.7 Å². The van der Waals surface area contributed by atoms with Crippen molar-refractivity contribution in [3.63, 3.8) is 0 Å². The molecule has 3 rings (SSSR count). The largest absolute Gasteiger partial charge is 0.354 e. The number of benzene rings is 2. The molecule has 0 saturated carbocycles. The highest BCUT2D eigenvalue weighted by molar-refractivity contribution is 6.05. The van der Waals surface area contributed by atoms with Crippen molar-refractivity contribution in [3.05, 3.63) is 65.7 Å². The van der Waals surface area contributed by atoms with Gasteiger partial charge in [-0.15, -0.1) is 0 Å². The standard InChI is InChI=1S/C23H27N3O3/c1-16(2)24-22(28)19-11-7-13-26(15-19)23(29)18-10-6-12-20(14-18)25-21(27)17-8-4-3-5-9-17/h3-6,8-10,12,14,16,19H,7,11,13,15H2,1-2H3,(H,24,28)(H,25,27)/t19-/m0/s1. The molecule has 6 nitrogen and oxygen atoms in total. The van der Waals surface area contributed by atoms with E-state index in [9.17, 15) is 14.4 Å². The molecule has 1 aliphatic rings. The SMILES string of the molecule is CC(C)NC(=O)[C@H]1CCCN(C(=O)c2cccc(NC(=O)c3ccccc3)c2)C1. The van der Waals surface area contributed by atoms with E-state index < -0.39 is 0 Å². The first-order valence-electron chi connectivity index (χ1n) is 10.00. The Balaban J connectivity index is 1.67. The highest BCUT2D eigenvalue weighted by Gasteiger charge is 2.29. The number of anilines is 1. The molecule has 2 N–H and O–H groups in total. The number of piperidine rings is 1. The molecule has 1 saturated heterocycles. The Morgan fingerprint density at radius 2 is 1.72 bits per heavy atom. The van der Waals surface area contributed by atoms with Crippen molar-refractivity contribution in [2.24, 2.45) is 5.92 Å². The van der Waals surface area contributed by atoms with E-state index in [2.05, 4.69) is 10.6 Å². The van der Waals surface area contributed by atoms with Crippen molar-refractivity contribution in [2.45, 2.75) is 32.7 Å². The second-order valence-electron chi connectivity index (χ2n) is 7.65. The number of amides is 3. The van der Waals surface area contributed by atoms with Gasteiger partial charge >= 0.3 is 0 Å². The number of nitrogens with zero attached hydrogens (tertiary/aromatic N) is 1. The Bertz CT molecular complexity index is 880. The van der Waals surface area contributed by atoms with E-state index in [1.54, 1.807) is 53.4 Å². The number of hydrogen-bond acceptors (Lipinski definition) is 3. The van der Waals surface area contributed by atoms with Gasteiger partial charge in [-0.2, -0.15) is 0 Å². The molecule has 0 spiro atoms. The minimum Gasteiger partial charge on any atom is -0.354 e. The second-order valence-corrected chi connectivity index (χ2v) is 7.65. The van der Waals surface area contributed by atoms with Crippen LogP contribution in [0.4, 0.5) is 5.69 Å². The van der Waals surface area contributed by atoms with Crippen molar-refractivity contribution in [1.29, 1.82) is 0 Å². The summed E-state index contributed by atoms with van der Waals surface area (Å²) >= 11 is 0. The number of hydrogen-bond donors (Lipinski definition) is 2. The van der Waals surface area contributed by atoms with Gasteiger partial charge in [0.2, 0.25) is 5.91 Å². The van der Waals surface area contributed by atoms with Crippen LogP contribution in [0.1, 0.15) is 47.4 Å². The maximum Gasteiger partial charge on any atom is 0.255 e. The minimum absolute atomic E-state index is 0.00127. The Hall–Kier alpha value is -3.15. The van der Waals surface area contributed by atoms with Gasteiger partial charge in [-0.25, -0.2) is 0 Å².